The van der Waals surface area contributed by atoms with Crippen LogP contribution in [-0.4, -0.2) is 35.7 Å². The number of carbonyl (C=O) groups excluding carboxylic acids is 1. The Morgan fingerprint density at radius 1 is 1.52 bits per heavy atom. The standard InChI is InChI=1S/C15H14ClN5O2/c1-2-7-23-15(22)21-6-3-10-12(9-21)11(8-18)13(16)20-14(10)19-5-4-17/h2H,1,3,5-7,9H2,(H,19,20). The molecule has 1 aromatic heterocycles. The van der Waals surface area contributed by atoms with Crippen LogP contribution in [0.2, 0.25) is 5.15 Å². The van der Waals surface area contributed by atoms with Crippen molar-refractivity contribution >= 4 is 23.5 Å². The summed E-state index contributed by atoms with van der Waals surface area (Å²) >= 11 is 6.05. The summed E-state index contributed by atoms with van der Waals surface area (Å²) in [6.45, 7) is 4.33. The number of nitrogens with one attached hydrogen (secondary N) is 1. The van der Waals surface area contributed by atoms with E-state index in [2.05, 4.69) is 16.9 Å². The first-order chi connectivity index (χ1) is 11.1. The molecule has 1 amide bonds. The summed E-state index contributed by atoms with van der Waals surface area (Å²) in [5, 5.41) is 20.9. The van der Waals surface area contributed by atoms with Gasteiger partial charge in [-0.3, -0.25) is 0 Å². The van der Waals surface area contributed by atoms with Crippen LogP contribution in [0.5, 0.6) is 0 Å². The molecule has 0 unspecified atom stereocenters. The first-order valence-corrected chi connectivity index (χ1v) is 7.25. The number of hydrogen-bond donors (Lipinski definition) is 1. The van der Waals surface area contributed by atoms with E-state index in [9.17, 15) is 10.1 Å². The van der Waals surface area contributed by atoms with E-state index >= 15 is 0 Å². The highest BCUT2D eigenvalue weighted by Crippen LogP contribution is 2.31. The molecule has 1 N–H and O–H groups in total. The van der Waals surface area contributed by atoms with Crippen LogP contribution in [0, 0.1) is 22.7 Å². The largest absolute Gasteiger partial charge is 0.445 e. The Hall–Kier alpha value is -2.77. The van der Waals surface area contributed by atoms with Crippen molar-refractivity contribution in [1.29, 1.82) is 10.5 Å². The fourth-order valence-corrected chi connectivity index (χ4v) is 2.60. The van der Waals surface area contributed by atoms with Gasteiger partial charge in [0.25, 0.3) is 0 Å². The summed E-state index contributed by atoms with van der Waals surface area (Å²) in [5.74, 6) is 0.477. The zero-order chi connectivity index (χ0) is 16.8. The number of halogens is 1. The molecule has 118 valence electrons. The summed E-state index contributed by atoms with van der Waals surface area (Å²) in [4.78, 5) is 17.6. The lowest BCUT2D eigenvalue weighted by Crippen LogP contribution is -2.37. The fourth-order valence-electron chi connectivity index (χ4n) is 2.36. The molecular weight excluding hydrogens is 318 g/mol. The van der Waals surface area contributed by atoms with Gasteiger partial charge in [0.1, 0.15) is 30.2 Å². The van der Waals surface area contributed by atoms with Crippen LogP contribution in [0.1, 0.15) is 16.7 Å². The van der Waals surface area contributed by atoms with Gasteiger partial charge in [-0.1, -0.05) is 24.3 Å². The molecule has 0 saturated carbocycles. The average molecular weight is 332 g/mol. The maximum absolute atomic E-state index is 12.0. The van der Waals surface area contributed by atoms with Crippen LogP contribution in [0.3, 0.4) is 0 Å². The van der Waals surface area contributed by atoms with Crippen molar-refractivity contribution in [2.75, 3.05) is 25.0 Å². The van der Waals surface area contributed by atoms with Crippen molar-refractivity contribution in [1.82, 2.24) is 9.88 Å². The van der Waals surface area contributed by atoms with E-state index < -0.39 is 6.09 Å². The molecular formula is C15H14ClN5O2. The van der Waals surface area contributed by atoms with Crippen molar-refractivity contribution < 1.29 is 9.53 Å². The second kappa shape index (κ2) is 7.48. The molecule has 23 heavy (non-hydrogen) atoms. The van der Waals surface area contributed by atoms with Crippen LogP contribution in [0.4, 0.5) is 10.6 Å². The number of ether oxygens (including phenoxy) is 1. The van der Waals surface area contributed by atoms with Gasteiger partial charge >= 0.3 is 6.09 Å². The minimum atomic E-state index is -0.473. The van der Waals surface area contributed by atoms with Gasteiger partial charge in [0.2, 0.25) is 0 Å². The fraction of sp³-hybridized carbons (Fsp3) is 0.333. The van der Waals surface area contributed by atoms with E-state index in [1.54, 1.807) is 0 Å². The lowest BCUT2D eigenvalue weighted by atomic mass is 9.97. The maximum atomic E-state index is 12.0. The number of hydrogen-bond acceptors (Lipinski definition) is 6. The molecule has 0 bridgehead atoms. The van der Waals surface area contributed by atoms with Gasteiger partial charge in [0.15, 0.2) is 0 Å². The van der Waals surface area contributed by atoms with E-state index in [1.807, 2.05) is 12.1 Å². The average Bonchev–Trinajstić information content (AvgIpc) is 2.57. The van der Waals surface area contributed by atoms with Crippen molar-refractivity contribution in [3.8, 4) is 12.1 Å². The van der Waals surface area contributed by atoms with Gasteiger partial charge in [-0.25, -0.2) is 9.78 Å². The quantitative estimate of drug-likeness (QED) is 0.515. The van der Waals surface area contributed by atoms with Crippen molar-refractivity contribution in [3.63, 3.8) is 0 Å². The third-order valence-electron chi connectivity index (χ3n) is 3.38. The van der Waals surface area contributed by atoms with Crippen molar-refractivity contribution in [3.05, 3.63) is 34.5 Å². The molecule has 1 aliphatic heterocycles. The number of pyridine rings is 1. The topological polar surface area (TPSA) is 102 Å². The molecule has 0 aromatic carbocycles. The molecule has 2 heterocycles. The SMILES string of the molecule is C=CCOC(=O)N1CCc2c(NCC#N)nc(Cl)c(C#N)c2C1. The highest BCUT2D eigenvalue weighted by molar-refractivity contribution is 6.30. The van der Waals surface area contributed by atoms with Crippen LogP contribution >= 0.6 is 11.6 Å². The van der Waals surface area contributed by atoms with Crippen molar-refractivity contribution in [2.45, 2.75) is 13.0 Å². The number of anilines is 1. The molecule has 0 radical (unpaired) electrons. The van der Waals surface area contributed by atoms with E-state index in [0.29, 0.717) is 24.3 Å². The third-order valence-corrected chi connectivity index (χ3v) is 3.65. The van der Waals surface area contributed by atoms with E-state index in [0.717, 1.165) is 5.56 Å². The van der Waals surface area contributed by atoms with Crippen LogP contribution in [0.25, 0.3) is 0 Å². The Kier molecular flexibility index (Phi) is 5.40. The predicted molar refractivity (Wildman–Crippen MR) is 83.7 cm³/mol. The van der Waals surface area contributed by atoms with Crippen LogP contribution < -0.4 is 5.32 Å². The van der Waals surface area contributed by atoms with E-state index in [1.165, 1.54) is 11.0 Å². The molecule has 7 nitrogen and oxygen atoms in total. The van der Waals surface area contributed by atoms with Crippen LogP contribution in [0.15, 0.2) is 12.7 Å². The number of fused-ring (bicyclic) bond motifs is 1. The number of nitrogens with zero attached hydrogens (tertiary/aromatic N) is 4. The number of nitriles is 2. The number of aromatic nitrogens is 1. The highest BCUT2D eigenvalue weighted by atomic mass is 35.5. The summed E-state index contributed by atoms with van der Waals surface area (Å²) in [6, 6.07) is 4.00. The number of carbonyl (C=O) groups is 1. The Morgan fingerprint density at radius 3 is 2.96 bits per heavy atom. The van der Waals surface area contributed by atoms with Crippen molar-refractivity contribution in [2.24, 2.45) is 0 Å². The van der Waals surface area contributed by atoms with Gasteiger partial charge in [-0.05, 0) is 12.0 Å². The molecule has 0 spiro atoms. The second-order valence-electron chi connectivity index (χ2n) is 4.74. The molecule has 0 aliphatic carbocycles. The zero-order valence-corrected chi connectivity index (χ0v) is 13.1. The Labute approximate surface area is 138 Å². The smallest absolute Gasteiger partial charge is 0.410 e. The van der Waals surface area contributed by atoms with Crippen LogP contribution in [-0.2, 0) is 17.7 Å². The molecule has 0 saturated heterocycles. The molecule has 1 aromatic rings. The summed E-state index contributed by atoms with van der Waals surface area (Å²) in [7, 11) is 0. The Morgan fingerprint density at radius 2 is 2.30 bits per heavy atom. The second-order valence-corrected chi connectivity index (χ2v) is 5.10. The van der Waals surface area contributed by atoms with Gasteiger partial charge in [0, 0.05) is 12.1 Å². The van der Waals surface area contributed by atoms with E-state index in [4.69, 9.17) is 21.6 Å². The number of amides is 1. The summed E-state index contributed by atoms with van der Waals surface area (Å²) < 4.78 is 5.02. The Balaban J connectivity index is 2.35. The van der Waals surface area contributed by atoms with E-state index in [-0.39, 0.29) is 30.4 Å². The molecule has 0 fully saturated rings. The maximum Gasteiger partial charge on any atom is 0.410 e. The highest BCUT2D eigenvalue weighted by Gasteiger charge is 2.28. The normalized spacial score (nSPS) is 12.6. The summed E-state index contributed by atoms with van der Waals surface area (Å²) in [5.41, 5.74) is 1.68. The van der Waals surface area contributed by atoms with Gasteiger partial charge in [-0.2, -0.15) is 10.5 Å². The van der Waals surface area contributed by atoms with Gasteiger partial charge in [-0.15, -0.1) is 0 Å². The first-order valence-electron chi connectivity index (χ1n) is 6.87. The third kappa shape index (κ3) is 3.53. The minimum Gasteiger partial charge on any atom is -0.445 e. The lowest BCUT2D eigenvalue weighted by molar-refractivity contribution is 0.107. The Bertz CT molecular complexity index is 720. The zero-order valence-electron chi connectivity index (χ0n) is 12.3. The van der Waals surface area contributed by atoms with Gasteiger partial charge < -0.3 is 15.0 Å². The molecule has 2 rings (SSSR count). The monoisotopic (exact) mass is 331 g/mol. The first kappa shape index (κ1) is 16.6. The molecule has 0 atom stereocenters. The number of rotatable bonds is 4. The molecule has 1 aliphatic rings. The summed E-state index contributed by atoms with van der Waals surface area (Å²) in [6.07, 6.45) is 1.51. The predicted octanol–water partition coefficient (Wildman–Crippen LogP) is 2.22. The lowest BCUT2D eigenvalue weighted by Gasteiger charge is -2.29. The van der Waals surface area contributed by atoms with Gasteiger partial charge in [0.05, 0.1) is 18.2 Å². The molecule has 8 heteroatoms. The minimum absolute atomic E-state index is 0.0491.